The van der Waals surface area contributed by atoms with E-state index in [-0.39, 0.29) is 11.8 Å². The Kier molecular flexibility index (Phi) is 8.45. The van der Waals surface area contributed by atoms with Gasteiger partial charge in [0.2, 0.25) is 0 Å². The zero-order valence-electron chi connectivity index (χ0n) is 18.4. The van der Waals surface area contributed by atoms with E-state index in [0.717, 1.165) is 72.1 Å². The summed E-state index contributed by atoms with van der Waals surface area (Å²) in [4.78, 5) is 23.8. The summed E-state index contributed by atoms with van der Waals surface area (Å²) < 4.78 is 0. The van der Waals surface area contributed by atoms with Crippen LogP contribution in [0.1, 0.15) is 68.6 Å². The van der Waals surface area contributed by atoms with Gasteiger partial charge in [0.05, 0.1) is 11.5 Å². The summed E-state index contributed by atoms with van der Waals surface area (Å²) in [7, 11) is 0. The highest BCUT2D eigenvalue weighted by atomic mass is 16.4. The number of nitrogens with one attached hydrogen (secondary N) is 1. The van der Waals surface area contributed by atoms with Gasteiger partial charge in [0.1, 0.15) is 0 Å². The minimum atomic E-state index is -0.696. The molecule has 4 heteroatoms. The number of unbranched alkanes of at least 4 members (excludes halogenated alkanes) is 6. The molecule has 1 unspecified atom stereocenters. The first-order valence-corrected chi connectivity index (χ1v) is 11.5. The molecule has 1 amide bonds. The van der Waals surface area contributed by atoms with Crippen LogP contribution in [0.5, 0.6) is 0 Å². The lowest BCUT2D eigenvalue weighted by Gasteiger charge is -2.12. The van der Waals surface area contributed by atoms with Crippen molar-refractivity contribution in [1.82, 2.24) is 5.32 Å². The molecule has 0 bridgehead atoms. The molecule has 3 rings (SSSR count). The van der Waals surface area contributed by atoms with Crippen molar-refractivity contribution in [2.75, 3.05) is 6.54 Å². The Hall–Kier alpha value is -2.88. The van der Waals surface area contributed by atoms with Gasteiger partial charge < -0.3 is 10.4 Å². The van der Waals surface area contributed by atoms with Gasteiger partial charge in [-0.3, -0.25) is 9.59 Å². The molecule has 0 fully saturated rings. The number of amides is 1. The third-order valence-electron chi connectivity index (χ3n) is 6.02. The van der Waals surface area contributed by atoms with E-state index < -0.39 is 5.97 Å². The first-order chi connectivity index (χ1) is 15.1. The zero-order chi connectivity index (χ0) is 22.1. The normalized spacial score (nSPS) is 12.2. The minimum absolute atomic E-state index is 0.000510. The summed E-state index contributed by atoms with van der Waals surface area (Å²) >= 11 is 0. The van der Waals surface area contributed by atoms with Crippen LogP contribution < -0.4 is 5.32 Å². The number of benzene rings is 3. The van der Waals surface area contributed by atoms with E-state index in [1.54, 1.807) is 6.92 Å². The molecule has 164 valence electrons. The first-order valence-electron chi connectivity index (χ1n) is 11.5. The molecule has 1 atom stereocenters. The van der Waals surface area contributed by atoms with Crippen LogP contribution in [-0.4, -0.2) is 23.5 Å². The predicted octanol–water partition coefficient (Wildman–Crippen LogP) is 6.56. The van der Waals surface area contributed by atoms with Crippen molar-refractivity contribution in [3.8, 4) is 0 Å². The van der Waals surface area contributed by atoms with E-state index in [9.17, 15) is 9.59 Å². The van der Waals surface area contributed by atoms with Crippen LogP contribution in [0.2, 0.25) is 0 Å². The number of fused-ring (bicyclic) bond motifs is 2. The Morgan fingerprint density at radius 2 is 1.32 bits per heavy atom. The number of carboxylic acid groups (broad SMARTS) is 1. The highest BCUT2D eigenvalue weighted by Crippen LogP contribution is 2.28. The third-order valence-corrected chi connectivity index (χ3v) is 6.02. The maximum Gasteiger partial charge on any atom is 0.306 e. The SMILES string of the molecule is CC(CCCCCCCCCNC(=O)c1c2ccccc2cc2ccccc12)C(=O)O. The lowest BCUT2D eigenvalue weighted by atomic mass is 9.96. The number of aliphatic carboxylic acids is 1. The van der Waals surface area contributed by atoms with Crippen molar-refractivity contribution in [2.45, 2.75) is 58.3 Å². The van der Waals surface area contributed by atoms with Crippen molar-refractivity contribution in [1.29, 1.82) is 0 Å². The van der Waals surface area contributed by atoms with E-state index in [2.05, 4.69) is 23.5 Å². The molecular formula is C27H33NO3. The van der Waals surface area contributed by atoms with Crippen molar-refractivity contribution in [3.63, 3.8) is 0 Å². The summed E-state index contributed by atoms with van der Waals surface area (Å²) in [5, 5.41) is 16.2. The van der Waals surface area contributed by atoms with Crippen LogP contribution in [0.25, 0.3) is 21.5 Å². The van der Waals surface area contributed by atoms with Gasteiger partial charge in [-0.05, 0) is 40.5 Å². The van der Waals surface area contributed by atoms with Crippen molar-refractivity contribution in [3.05, 3.63) is 60.2 Å². The van der Waals surface area contributed by atoms with Crippen molar-refractivity contribution >= 4 is 33.4 Å². The van der Waals surface area contributed by atoms with E-state index in [0.29, 0.717) is 6.54 Å². The molecule has 0 radical (unpaired) electrons. The second kappa shape index (κ2) is 11.5. The molecular weight excluding hydrogens is 386 g/mol. The summed E-state index contributed by atoms with van der Waals surface area (Å²) in [5.74, 6) is -0.929. The van der Waals surface area contributed by atoms with Gasteiger partial charge in [0.25, 0.3) is 5.91 Å². The number of carbonyl (C=O) groups excluding carboxylic acids is 1. The van der Waals surface area contributed by atoms with Gasteiger partial charge in [0.15, 0.2) is 0 Å². The fraction of sp³-hybridized carbons (Fsp3) is 0.407. The standard InChI is InChI=1S/C27H33NO3/c1-20(27(30)31)13-7-5-3-2-4-6-12-18-28-26(29)25-23-16-10-8-14-21(23)19-22-15-9-11-17-24(22)25/h8-11,14-17,19-20H,2-7,12-13,18H2,1H3,(H,28,29)(H,30,31). The Morgan fingerprint density at radius 3 is 1.90 bits per heavy atom. The van der Waals surface area contributed by atoms with E-state index >= 15 is 0 Å². The Balaban J connectivity index is 1.42. The Bertz CT molecular complexity index is 973. The molecule has 0 aliphatic heterocycles. The van der Waals surface area contributed by atoms with Crippen molar-refractivity contribution < 1.29 is 14.7 Å². The summed E-state index contributed by atoms with van der Waals surface area (Å²) in [5.41, 5.74) is 0.768. The van der Waals surface area contributed by atoms with Gasteiger partial charge in [0, 0.05) is 6.54 Å². The average Bonchev–Trinajstić information content (AvgIpc) is 2.78. The van der Waals surface area contributed by atoms with Crippen LogP contribution in [0, 0.1) is 5.92 Å². The number of carbonyl (C=O) groups is 2. The zero-order valence-corrected chi connectivity index (χ0v) is 18.4. The topological polar surface area (TPSA) is 66.4 Å². The molecule has 0 saturated heterocycles. The van der Waals surface area contributed by atoms with Crippen LogP contribution in [0.3, 0.4) is 0 Å². The molecule has 3 aromatic rings. The van der Waals surface area contributed by atoms with Gasteiger partial charge >= 0.3 is 5.97 Å². The van der Waals surface area contributed by atoms with E-state index in [4.69, 9.17) is 5.11 Å². The molecule has 0 aromatic heterocycles. The lowest BCUT2D eigenvalue weighted by molar-refractivity contribution is -0.141. The van der Waals surface area contributed by atoms with Crippen LogP contribution >= 0.6 is 0 Å². The maximum atomic E-state index is 13.0. The van der Waals surface area contributed by atoms with Gasteiger partial charge in [-0.1, -0.05) is 94.0 Å². The smallest absolute Gasteiger partial charge is 0.306 e. The van der Waals surface area contributed by atoms with Crippen molar-refractivity contribution in [2.24, 2.45) is 5.92 Å². The average molecular weight is 420 g/mol. The van der Waals surface area contributed by atoms with Gasteiger partial charge in [-0.25, -0.2) is 0 Å². The van der Waals surface area contributed by atoms with Crippen LogP contribution in [0.15, 0.2) is 54.6 Å². The van der Waals surface area contributed by atoms with E-state index in [1.807, 2.05) is 36.4 Å². The number of rotatable bonds is 12. The number of carboxylic acids is 1. The monoisotopic (exact) mass is 419 g/mol. The number of hydrogen-bond acceptors (Lipinski definition) is 2. The number of hydrogen-bond donors (Lipinski definition) is 2. The molecule has 0 heterocycles. The Morgan fingerprint density at radius 1 is 0.806 bits per heavy atom. The van der Waals surface area contributed by atoms with Crippen LogP contribution in [0.4, 0.5) is 0 Å². The summed E-state index contributed by atoms with van der Waals surface area (Å²) in [6.07, 6.45) is 8.41. The fourth-order valence-corrected chi connectivity index (χ4v) is 4.13. The van der Waals surface area contributed by atoms with Gasteiger partial charge in [-0.2, -0.15) is 0 Å². The maximum absolute atomic E-state index is 13.0. The third kappa shape index (κ3) is 6.30. The lowest BCUT2D eigenvalue weighted by Crippen LogP contribution is -2.25. The first kappa shape index (κ1) is 22.8. The molecule has 0 aliphatic rings. The molecule has 0 spiro atoms. The largest absolute Gasteiger partial charge is 0.481 e. The highest BCUT2D eigenvalue weighted by Gasteiger charge is 2.14. The molecule has 0 aliphatic carbocycles. The minimum Gasteiger partial charge on any atom is -0.481 e. The molecule has 2 N–H and O–H groups in total. The molecule has 4 nitrogen and oxygen atoms in total. The fourth-order valence-electron chi connectivity index (χ4n) is 4.13. The quantitative estimate of drug-likeness (QED) is 0.258. The highest BCUT2D eigenvalue weighted by molar-refractivity contribution is 6.18. The Labute approximate surface area is 184 Å². The second-order valence-corrected chi connectivity index (χ2v) is 8.45. The van der Waals surface area contributed by atoms with Gasteiger partial charge in [-0.15, -0.1) is 0 Å². The molecule has 31 heavy (non-hydrogen) atoms. The summed E-state index contributed by atoms with van der Waals surface area (Å²) in [6.45, 7) is 2.46. The molecule has 3 aromatic carbocycles. The van der Waals surface area contributed by atoms with E-state index in [1.165, 1.54) is 6.42 Å². The summed E-state index contributed by atoms with van der Waals surface area (Å²) in [6, 6.07) is 18.3. The molecule has 0 saturated carbocycles. The van der Waals surface area contributed by atoms with Crippen LogP contribution in [-0.2, 0) is 4.79 Å². The second-order valence-electron chi connectivity index (χ2n) is 8.45. The predicted molar refractivity (Wildman–Crippen MR) is 128 cm³/mol.